The minimum absolute atomic E-state index is 0.244. The second kappa shape index (κ2) is 10.5. The molecule has 0 unspecified atom stereocenters. The Morgan fingerprint density at radius 1 is 1.09 bits per heavy atom. The van der Waals surface area contributed by atoms with Crippen molar-refractivity contribution in [2.24, 2.45) is 5.10 Å². The van der Waals surface area contributed by atoms with Crippen LogP contribution in [0.3, 0.4) is 0 Å². The minimum atomic E-state index is -0.244. The van der Waals surface area contributed by atoms with Gasteiger partial charge >= 0.3 is 0 Å². The number of nitrogens with one attached hydrogen (secondary N) is 1. The molecule has 1 aliphatic heterocycles. The van der Waals surface area contributed by atoms with Crippen molar-refractivity contribution >= 4 is 33.7 Å². The van der Waals surface area contributed by atoms with Gasteiger partial charge in [0.1, 0.15) is 12.4 Å². The molecule has 1 amide bonds. The average Bonchev–Trinajstić information content (AvgIpc) is 3.34. The van der Waals surface area contributed by atoms with Gasteiger partial charge in [-0.15, -0.1) is 0 Å². The van der Waals surface area contributed by atoms with E-state index in [2.05, 4.69) is 50.4 Å². The number of carbonyl (C=O) groups is 1. The first kappa shape index (κ1) is 22.1. The molecule has 0 bridgehead atoms. The molecule has 32 heavy (non-hydrogen) atoms. The smallest absolute Gasteiger partial charge is 0.271 e. The second-order valence-corrected chi connectivity index (χ2v) is 8.82. The van der Waals surface area contributed by atoms with Gasteiger partial charge in [0.25, 0.3) is 5.91 Å². The van der Waals surface area contributed by atoms with Gasteiger partial charge in [0.2, 0.25) is 0 Å². The van der Waals surface area contributed by atoms with E-state index in [-0.39, 0.29) is 5.91 Å². The van der Waals surface area contributed by atoms with Gasteiger partial charge in [0.05, 0.1) is 6.21 Å². The van der Waals surface area contributed by atoms with Gasteiger partial charge in [-0.05, 0) is 67.8 Å². The number of aryl methyl sites for hydroxylation is 1. The minimum Gasteiger partial charge on any atom is -0.488 e. The molecule has 0 aliphatic carbocycles. The predicted molar refractivity (Wildman–Crippen MR) is 133 cm³/mol. The lowest BCUT2D eigenvalue weighted by Crippen LogP contribution is -2.19. The molecule has 3 aromatic rings. The van der Waals surface area contributed by atoms with Gasteiger partial charge in [0.15, 0.2) is 0 Å². The number of hydrogen-bond acceptors (Lipinski definition) is 4. The van der Waals surface area contributed by atoms with Crippen molar-refractivity contribution in [1.82, 2.24) is 5.43 Å². The summed E-state index contributed by atoms with van der Waals surface area (Å²) in [5, 5.41) is 4.15. The fourth-order valence-electron chi connectivity index (χ4n) is 3.74. The number of halogens is 1. The third-order valence-electron chi connectivity index (χ3n) is 5.42. The highest BCUT2D eigenvalue weighted by Gasteiger charge is 2.13. The lowest BCUT2D eigenvalue weighted by atomic mass is 10.1. The topological polar surface area (TPSA) is 53.9 Å². The van der Waals surface area contributed by atoms with Gasteiger partial charge in [-0.2, -0.15) is 5.10 Å². The molecule has 0 atom stereocenters. The Kier molecular flexibility index (Phi) is 7.22. The fourth-order valence-corrected chi connectivity index (χ4v) is 4.12. The van der Waals surface area contributed by atoms with E-state index in [1.165, 1.54) is 18.4 Å². The molecule has 0 saturated carbocycles. The maximum absolute atomic E-state index is 12.5. The van der Waals surface area contributed by atoms with Gasteiger partial charge in [-0.1, -0.05) is 45.8 Å². The number of ether oxygens (including phenoxy) is 1. The summed E-state index contributed by atoms with van der Waals surface area (Å²) in [6.45, 7) is 4.68. The zero-order valence-electron chi connectivity index (χ0n) is 18.1. The lowest BCUT2D eigenvalue weighted by Gasteiger charge is -2.17. The Morgan fingerprint density at radius 3 is 2.62 bits per heavy atom. The Bertz CT molecular complexity index is 1110. The van der Waals surface area contributed by atoms with Crippen LogP contribution in [-0.4, -0.2) is 25.2 Å². The normalized spacial score (nSPS) is 13.5. The summed E-state index contributed by atoms with van der Waals surface area (Å²) < 4.78 is 6.92. The molecule has 3 aromatic carbocycles. The van der Waals surface area contributed by atoms with Crippen LogP contribution in [0.5, 0.6) is 5.75 Å². The van der Waals surface area contributed by atoms with E-state index in [4.69, 9.17) is 4.74 Å². The zero-order valence-corrected chi connectivity index (χ0v) is 19.6. The van der Waals surface area contributed by atoms with Crippen LogP contribution < -0.4 is 15.1 Å². The lowest BCUT2D eigenvalue weighted by molar-refractivity contribution is 0.0955. The number of rotatable bonds is 7. The van der Waals surface area contributed by atoms with E-state index in [1.807, 2.05) is 54.6 Å². The summed E-state index contributed by atoms with van der Waals surface area (Å²) in [6.07, 6.45) is 4.05. The standard InChI is InChI=1S/C26H26BrN3O2/c1-19-5-4-6-20(15-19)18-32-25-12-9-23(27)16-22(25)17-28-29-26(31)21-7-10-24(11-8-21)30-13-2-3-14-30/h4-12,15-17H,2-3,13-14,18H2,1H3,(H,29,31)/b28-17-. The Hall–Kier alpha value is -3.12. The molecule has 1 saturated heterocycles. The van der Waals surface area contributed by atoms with Crippen LogP contribution in [0.4, 0.5) is 5.69 Å². The average molecular weight is 492 g/mol. The Labute approximate surface area is 197 Å². The quantitative estimate of drug-likeness (QED) is 0.340. The van der Waals surface area contributed by atoms with Crippen molar-refractivity contribution in [2.75, 3.05) is 18.0 Å². The van der Waals surface area contributed by atoms with E-state index in [9.17, 15) is 4.79 Å². The first-order chi connectivity index (χ1) is 15.6. The predicted octanol–water partition coefficient (Wildman–Crippen LogP) is 5.70. The largest absolute Gasteiger partial charge is 0.488 e. The van der Waals surface area contributed by atoms with E-state index in [0.717, 1.165) is 34.4 Å². The SMILES string of the molecule is Cc1cccc(COc2ccc(Br)cc2/C=N\NC(=O)c2ccc(N3CCCC3)cc2)c1. The fraction of sp³-hybridized carbons (Fsp3) is 0.231. The highest BCUT2D eigenvalue weighted by atomic mass is 79.9. The maximum Gasteiger partial charge on any atom is 0.271 e. The van der Waals surface area contributed by atoms with Crippen LogP contribution in [-0.2, 0) is 6.61 Å². The summed E-state index contributed by atoms with van der Waals surface area (Å²) >= 11 is 3.49. The molecule has 164 valence electrons. The summed E-state index contributed by atoms with van der Waals surface area (Å²) in [5.74, 6) is 0.453. The molecular formula is C26H26BrN3O2. The highest BCUT2D eigenvalue weighted by Crippen LogP contribution is 2.23. The van der Waals surface area contributed by atoms with Crippen molar-refractivity contribution < 1.29 is 9.53 Å². The summed E-state index contributed by atoms with van der Waals surface area (Å²) in [5.41, 5.74) is 7.42. The third-order valence-corrected chi connectivity index (χ3v) is 5.91. The highest BCUT2D eigenvalue weighted by molar-refractivity contribution is 9.10. The summed E-state index contributed by atoms with van der Waals surface area (Å²) in [4.78, 5) is 14.8. The number of nitrogens with zero attached hydrogens (tertiary/aromatic N) is 2. The van der Waals surface area contributed by atoms with E-state index in [1.54, 1.807) is 6.21 Å². The van der Waals surface area contributed by atoms with E-state index in [0.29, 0.717) is 17.9 Å². The first-order valence-electron chi connectivity index (χ1n) is 10.7. The van der Waals surface area contributed by atoms with Crippen molar-refractivity contribution in [3.05, 3.63) is 93.5 Å². The molecule has 1 heterocycles. The van der Waals surface area contributed by atoms with Crippen molar-refractivity contribution in [3.8, 4) is 5.75 Å². The van der Waals surface area contributed by atoms with Gasteiger partial charge in [-0.25, -0.2) is 5.43 Å². The molecule has 1 aliphatic rings. The van der Waals surface area contributed by atoms with E-state index < -0.39 is 0 Å². The van der Waals surface area contributed by atoms with Crippen LogP contribution in [0.2, 0.25) is 0 Å². The second-order valence-electron chi connectivity index (χ2n) is 7.90. The first-order valence-corrected chi connectivity index (χ1v) is 11.5. The molecule has 0 radical (unpaired) electrons. The molecular weight excluding hydrogens is 466 g/mol. The summed E-state index contributed by atoms with van der Waals surface area (Å²) in [6, 6.07) is 21.6. The van der Waals surface area contributed by atoms with Gasteiger partial charge < -0.3 is 9.64 Å². The molecule has 0 spiro atoms. The van der Waals surface area contributed by atoms with Crippen LogP contribution >= 0.6 is 15.9 Å². The van der Waals surface area contributed by atoms with Gasteiger partial charge in [-0.3, -0.25) is 4.79 Å². The number of hydrazone groups is 1. The molecule has 6 heteroatoms. The number of anilines is 1. The monoisotopic (exact) mass is 491 g/mol. The number of carbonyl (C=O) groups excluding carboxylic acids is 1. The molecule has 4 rings (SSSR count). The molecule has 0 aromatic heterocycles. The van der Waals surface area contributed by atoms with Crippen LogP contribution in [0.25, 0.3) is 0 Å². The zero-order chi connectivity index (χ0) is 22.3. The van der Waals surface area contributed by atoms with Crippen LogP contribution in [0, 0.1) is 6.92 Å². The summed E-state index contributed by atoms with van der Waals surface area (Å²) in [7, 11) is 0. The third kappa shape index (κ3) is 5.77. The Morgan fingerprint density at radius 2 is 1.88 bits per heavy atom. The van der Waals surface area contributed by atoms with Crippen LogP contribution in [0.15, 0.2) is 76.3 Å². The van der Waals surface area contributed by atoms with Crippen molar-refractivity contribution in [1.29, 1.82) is 0 Å². The van der Waals surface area contributed by atoms with Crippen molar-refractivity contribution in [2.45, 2.75) is 26.4 Å². The number of amides is 1. The number of benzene rings is 3. The Balaban J connectivity index is 1.39. The van der Waals surface area contributed by atoms with Crippen LogP contribution in [0.1, 0.15) is 39.9 Å². The van der Waals surface area contributed by atoms with E-state index >= 15 is 0 Å². The molecule has 1 fully saturated rings. The van der Waals surface area contributed by atoms with Crippen molar-refractivity contribution in [3.63, 3.8) is 0 Å². The number of hydrogen-bond donors (Lipinski definition) is 1. The molecule has 5 nitrogen and oxygen atoms in total. The van der Waals surface area contributed by atoms with Gasteiger partial charge in [0, 0.05) is 34.4 Å². The maximum atomic E-state index is 12.5. The molecule has 1 N–H and O–H groups in total.